The van der Waals surface area contributed by atoms with Gasteiger partial charge in [-0.2, -0.15) is 0 Å². The van der Waals surface area contributed by atoms with Crippen molar-refractivity contribution in [3.63, 3.8) is 0 Å². The predicted molar refractivity (Wildman–Crippen MR) is 88.4 cm³/mol. The number of amides is 1. The predicted octanol–water partition coefficient (Wildman–Crippen LogP) is 0.870. The summed E-state index contributed by atoms with van der Waals surface area (Å²) in [5, 5.41) is 6.21. The van der Waals surface area contributed by atoms with E-state index < -0.39 is 0 Å². The molecule has 0 radical (unpaired) electrons. The Labute approximate surface area is 134 Å². The van der Waals surface area contributed by atoms with Crippen LogP contribution in [0, 0.1) is 0 Å². The summed E-state index contributed by atoms with van der Waals surface area (Å²) < 4.78 is 0. The lowest BCUT2D eigenvalue weighted by Gasteiger charge is -2.29. The summed E-state index contributed by atoms with van der Waals surface area (Å²) >= 11 is 0. The zero-order valence-corrected chi connectivity index (χ0v) is 12.9. The molecule has 4 rings (SSSR count). The van der Waals surface area contributed by atoms with Gasteiger partial charge in [0.2, 0.25) is 5.95 Å². The van der Waals surface area contributed by atoms with Gasteiger partial charge in [-0.3, -0.25) is 9.79 Å². The first-order valence-corrected chi connectivity index (χ1v) is 8.13. The largest absolute Gasteiger partial charge is 0.350 e. The number of hydrogen-bond donors (Lipinski definition) is 3. The standard InChI is InChI=1S/C16H20N6O/c17-10-3-1-2-4-11(10)20-16-21-12-8-19-15(23)13(12)14(22-16)9-5-6-18-7-9/h5-6,10-11H,1-4,7-8,17H2,(H,19,23)(H,20,21,22)/t10-,11+/m0/s1. The molecule has 2 aliphatic heterocycles. The molecule has 1 aliphatic carbocycles. The SMILES string of the molecule is N[C@H]1CCCC[C@H]1Nc1nc2c(c(C3=CC=NC3)n1)C(=O)NC2. The number of fused-ring (bicyclic) bond motifs is 1. The van der Waals surface area contributed by atoms with E-state index in [1.54, 1.807) is 6.21 Å². The Bertz CT molecular complexity index is 711. The molecule has 7 heteroatoms. The number of rotatable bonds is 3. The molecule has 2 atom stereocenters. The minimum absolute atomic E-state index is 0.108. The molecule has 3 aliphatic rings. The fourth-order valence-corrected chi connectivity index (χ4v) is 3.43. The zero-order chi connectivity index (χ0) is 15.8. The van der Waals surface area contributed by atoms with Crippen molar-refractivity contribution >= 4 is 23.6 Å². The topological polar surface area (TPSA) is 105 Å². The van der Waals surface area contributed by atoms with Crippen LogP contribution in [0.1, 0.15) is 47.4 Å². The number of anilines is 1. The van der Waals surface area contributed by atoms with E-state index in [9.17, 15) is 4.79 Å². The van der Waals surface area contributed by atoms with Gasteiger partial charge in [-0.1, -0.05) is 12.8 Å². The highest BCUT2D eigenvalue weighted by molar-refractivity contribution is 6.03. The molecule has 0 bridgehead atoms. The molecule has 0 saturated heterocycles. The molecule has 120 valence electrons. The Balaban J connectivity index is 1.68. The quantitative estimate of drug-likeness (QED) is 0.768. The van der Waals surface area contributed by atoms with Crippen LogP contribution in [0.5, 0.6) is 0 Å². The summed E-state index contributed by atoms with van der Waals surface area (Å²) in [4.78, 5) is 25.4. The third kappa shape index (κ3) is 2.61. The molecule has 0 spiro atoms. The van der Waals surface area contributed by atoms with Crippen molar-refractivity contribution in [1.82, 2.24) is 15.3 Å². The van der Waals surface area contributed by atoms with Crippen molar-refractivity contribution in [3.8, 4) is 0 Å². The average molecular weight is 312 g/mol. The molecule has 4 N–H and O–H groups in total. The maximum atomic E-state index is 12.1. The highest BCUT2D eigenvalue weighted by atomic mass is 16.1. The lowest BCUT2D eigenvalue weighted by Crippen LogP contribution is -2.43. The lowest BCUT2D eigenvalue weighted by molar-refractivity contribution is 0.0965. The third-order valence-electron chi connectivity index (χ3n) is 4.71. The monoisotopic (exact) mass is 312 g/mol. The van der Waals surface area contributed by atoms with Crippen molar-refractivity contribution in [2.45, 2.75) is 44.3 Å². The highest BCUT2D eigenvalue weighted by Crippen LogP contribution is 2.27. The van der Waals surface area contributed by atoms with E-state index in [2.05, 4.69) is 25.6 Å². The van der Waals surface area contributed by atoms with Crippen LogP contribution in [0.4, 0.5) is 5.95 Å². The van der Waals surface area contributed by atoms with E-state index in [0.29, 0.717) is 30.3 Å². The molecule has 1 fully saturated rings. The molecule has 23 heavy (non-hydrogen) atoms. The molecular formula is C16H20N6O. The van der Waals surface area contributed by atoms with Crippen LogP contribution in [0.2, 0.25) is 0 Å². The number of nitrogens with zero attached hydrogens (tertiary/aromatic N) is 3. The second-order valence-corrected chi connectivity index (χ2v) is 6.28. The van der Waals surface area contributed by atoms with E-state index in [1.165, 1.54) is 12.8 Å². The Hall–Kier alpha value is -2.28. The lowest BCUT2D eigenvalue weighted by atomic mass is 9.91. The Kier molecular flexibility index (Phi) is 3.57. The third-order valence-corrected chi connectivity index (χ3v) is 4.71. The first-order chi connectivity index (χ1) is 11.2. The molecule has 7 nitrogen and oxygen atoms in total. The van der Waals surface area contributed by atoms with Gasteiger partial charge in [0.15, 0.2) is 0 Å². The van der Waals surface area contributed by atoms with Gasteiger partial charge in [-0.15, -0.1) is 0 Å². The van der Waals surface area contributed by atoms with Crippen molar-refractivity contribution in [1.29, 1.82) is 0 Å². The van der Waals surface area contributed by atoms with Gasteiger partial charge in [0, 0.05) is 23.9 Å². The summed E-state index contributed by atoms with van der Waals surface area (Å²) in [7, 11) is 0. The number of nitrogens with two attached hydrogens (primary N) is 1. The number of hydrogen-bond acceptors (Lipinski definition) is 6. The maximum Gasteiger partial charge on any atom is 0.255 e. The first-order valence-electron chi connectivity index (χ1n) is 8.13. The van der Waals surface area contributed by atoms with Crippen LogP contribution in [0.15, 0.2) is 11.1 Å². The summed E-state index contributed by atoms with van der Waals surface area (Å²) in [5.41, 5.74) is 9.18. The molecule has 1 aromatic heterocycles. The molecule has 3 heterocycles. The second kappa shape index (κ2) is 5.73. The molecule has 1 aromatic rings. The molecule has 0 unspecified atom stereocenters. The van der Waals surface area contributed by atoms with Crippen LogP contribution >= 0.6 is 0 Å². The van der Waals surface area contributed by atoms with Crippen molar-refractivity contribution in [2.24, 2.45) is 10.7 Å². The molecular weight excluding hydrogens is 292 g/mol. The van der Waals surface area contributed by atoms with E-state index in [1.807, 2.05) is 6.08 Å². The van der Waals surface area contributed by atoms with Gasteiger partial charge in [0.1, 0.15) is 0 Å². The number of carbonyl (C=O) groups excluding carboxylic acids is 1. The minimum Gasteiger partial charge on any atom is -0.350 e. The first kappa shape index (κ1) is 14.3. The van der Waals surface area contributed by atoms with Gasteiger partial charge >= 0.3 is 0 Å². The summed E-state index contributed by atoms with van der Waals surface area (Å²) in [6, 6.07) is 0.311. The average Bonchev–Trinajstić information content (AvgIpc) is 3.20. The van der Waals surface area contributed by atoms with Crippen LogP contribution in [-0.4, -0.2) is 40.7 Å². The Morgan fingerprint density at radius 1 is 1.26 bits per heavy atom. The van der Waals surface area contributed by atoms with Crippen molar-refractivity contribution in [2.75, 3.05) is 11.9 Å². The molecule has 0 aromatic carbocycles. The number of allylic oxidation sites excluding steroid dienone is 1. The maximum absolute atomic E-state index is 12.1. The van der Waals surface area contributed by atoms with E-state index >= 15 is 0 Å². The van der Waals surface area contributed by atoms with E-state index in [0.717, 1.165) is 24.1 Å². The summed E-state index contributed by atoms with van der Waals surface area (Å²) in [6.07, 6.45) is 8.06. The number of aromatic nitrogens is 2. The zero-order valence-electron chi connectivity index (χ0n) is 12.9. The van der Waals surface area contributed by atoms with Gasteiger partial charge < -0.3 is 16.4 Å². The summed E-state index contributed by atoms with van der Waals surface area (Å²) in [6.45, 7) is 1.00. The smallest absolute Gasteiger partial charge is 0.255 e. The second-order valence-electron chi connectivity index (χ2n) is 6.28. The fourth-order valence-electron chi connectivity index (χ4n) is 3.43. The van der Waals surface area contributed by atoms with Crippen LogP contribution in [-0.2, 0) is 6.54 Å². The minimum atomic E-state index is -0.108. The normalized spacial score (nSPS) is 26.0. The van der Waals surface area contributed by atoms with Crippen molar-refractivity contribution < 1.29 is 4.79 Å². The Morgan fingerprint density at radius 3 is 2.91 bits per heavy atom. The van der Waals surface area contributed by atoms with Crippen molar-refractivity contribution in [3.05, 3.63) is 23.0 Å². The van der Waals surface area contributed by atoms with E-state index in [-0.39, 0.29) is 18.0 Å². The van der Waals surface area contributed by atoms with E-state index in [4.69, 9.17) is 5.73 Å². The van der Waals surface area contributed by atoms with Gasteiger partial charge in [-0.25, -0.2) is 9.97 Å². The molecule has 1 saturated carbocycles. The van der Waals surface area contributed by atoms with Crippen LogP contribution in [0.3, 0.4) is 0 Å². The fraction of sp³-hybridized carbons (Fsp3) is 0.500. The van der Waals surface area contributed by atoms with Crippen LogP contribution < -0.4 is 16.4 Å². The molecule has 1 amide bonds. The number of carbonyl (C=O) groups is 1. The summed E-state index contributed by atoms with van der Waals surface area (Å²) in [5.74, 6) is 0.453. The number of aliphatic imine (C=N–C) groups is 1. The Morgan fingerprint density at radius 2 is 2.13 bits per heavy atom. The highest BCUT2D eigenvalue weighted by Gasteiger charge is 2.29. The number of nitrogens with one attached hydrogen (secondary N) is 2. The van der Waals surface area contributed by atoms with Crippen LogP contribution in [0.25, 0.3) is 5.57 Å². The van der Waals surface area contributed by atoms with Gasteiger partial charge in [0.25, 0.3) is 5.91 Å². The van der Waals surface area contributed by atoms with Gasteiger partial charge in [-0.05, 0) is 18.9 Å². The van der Waals surface area contributed by atoms with Gasteiger partial charge in [0.05, 0.1) is 30.0 Å².